The lowest BCUT2D eigenvalue weighted by molar-refractivity contribution is -0.120. The van der Waals surface area contributed by atoms with Crippen LogP contribution in [0.15, 0.2) is 24.3 Å². The minimum absolute atomic E-state index is 0.0498. The minimum atomic E-state index is -2.97. The Morgan fingerprint density at radius 3 is 2.56 bits per heavy atom. The molecule has 0 unspecified atom stereocenters. The highest BCUT2D eigenvalue weighted by Gasteiger charge is 2.28. The van der Waals surface area contributed by atoms with Crippen LogP contribution < -0.4 is 5.32 Å². The van der Waals surface area contributed by atoms with Crippen LogP contribution in [-0.4, -0.2) is 25.8 Å². The summed E-state index contributed by atoms with van der Waals surface area (Å²) in [7, 11) is -2.97. The maximum atomic E-state index is 12.9. The van der Waals surface area contributed by atoms with Crippen LogP contribution in [0.3, 0.4) is 0 Å². The zero-order valence-electron chi connectivity index (χ0n) is 9.73. The van der Waals surface area contributed by atoms with E-state index in [1.165, 1.54) is 18.2 Å². The maximum absolute atomic E-state index is 12.9. The number of sulfone groups is 1. The van der Waals surface area contributed by atoms with E-state index >= 15 is 0 Å². The Kier molecular flexibility index (Phi) is 3.65. The van der Waals surface area contributed by atoms with Gasteiger partial charge in [-0.2, -0.15) is 0 Å². The van der Waals surface area contributed by atoms with E-state index in [1.807, 2.05) is 0 Å². The van der Waals surface area contributed by atoms with E-state index in [0.29, 0.717) is 18.5 Å². The molecule has 1 fully saturated rings. The molecule has 1 aromatic carbocycles. The van der Waals surface area contributed by atoms with Crippen molar-refractivity contribution in [2.24, 2.45) is 5.92 Å². The normalized spacial score (nSPS) is 19.4. The number of amides is 1. The van der Waals surface area contributed by atoms with Gasteiger partial charge in [-0.25, -0.2) is 12.8 Å². The van der Waals surface area contributed by atoms with Crippen molar-refractivity contribution in [2.45, 2.75) is 12.8 Å². The van der Waals surface area contributed by atoms with Crippen LogP contribution in [-0.2, 0) is 14.6 Å². The Morgan fingerprint density at radius 2 is 1.94 bits per heavy atom. The maximum Gasteiger partial charge on any atom is 0.227 e. The number of anilines is 1. The molecule has 98 valence electrons. The van der Waals surface area contributed by atoms with Gasteiger partial charge in [0.25, 0.3) is 0 Å². The summed E-state index contributed by atoms with van der Waals surface area (Å²) in [5.74, 6) is -0.867. The highest BCUT2D eigenvalue weighted by Crippen LogP contribution is 2.21. The third-order valence-electron chi connectivity index (χ3n) is 3.02. The first-order valence-electron chi connectivity index (χ1n) is 5.73. The molecule has 0 atom stereocenters. The van der Waals surface area contributed by atoms with Gasteiger partial charge in [0.1, 0.15) is 15.7 Å². The molecule has 0 saturated carbocycles. The molecule has 0 spiro atoms. The number of rotatable bonds is 2. The third-order valence-corrected chi connectivity index (χ3v) is 4.73. The lowest BCUT2D eigenvalue weighted by Crippen LogP contribution is -2.31. The average Bonchev–Trinajstić information content (AvgIpc) is 2.28. The summed E-state index contributed by atoms with van der Waals surface area (Å²) in [6, 6.07) is 5.64. The average molecular weight is 271 g/mol. The lowest BCUT2D eigenvalue weighted by atomic mass is 10.0. The molecule has 1 saturated heterocycles. The van der Waals surface area contributed by atoms with E-state index in [2.05, 4.69) is 5.32 Å². The molecular weight excluding hydrogens is 257 g/mol. The smallest absolute Gasteiger partial charge is 0.227 e. The van der Waals surface area contributed by atoms with Crippen molar-refractivity contribution in [2.75, 3.05) is 16.8 Å². The van der Waals surface area contributed by atoms with Crippen molar-refractivity contribution >= 4 is 21.4 Å². The molecule has 1 aliphatic rings. The Morgan fingerprint density at radius 1 is 1.28 bits per heavy atom. The highest BCUT2D eigenvalue weighted by atomic mass is 32.2. The summed E-state index contributed by atoms with van der Waals surface area (Å²) in [6.07, 6.45) is 0.674. The lowest BCUT2D eigenvalue weighted by Gasteiger charge is -2.21. The van der Waals surface area contributed by atoms with Gasteiger partial charge in [0.05, 0.1) is 11.5 Å². The van der Waals surface area contributed by atoms with Gasteiger partial charge in [-0.05, 0) is 31.0 Å². The summed E-state index contributed by atoms with van der Waals surface area (Å²) in [5.41, 5.74) is 0.397. The van der Waals surface area contributed by atoms with Crippen molar-refractivity contribution in [3.8, 4) is 0 Å². The van der Waals surface area contributed by atoms with Crippen LogP contribution in [0.25, 0.3) is 0 Å². The van der Waals surface area contributed by atoms with E-state index in [1.54, 1.807) is 6.07 Å². The van der Waals surface area contributed by atoms with Crippen LogP contribution in [0.2, 0.25) is 0 Å². The third kappa shape index (κ3) is 3.29. The minimum Gasteiger partial charge on any atom is -0.326 e. The van der Waals surface area contributed by atoms with Gasteiger partial charge in [0, 0.05) is 11.6 Å². The van der Waals surface area contributed by atoms with Gasteiger partial charge in [0.15, 0.2) is 0 Å². The van der Waals surface area contributed by atoms with Crippen LogP contribution in [0, 0.1) is 11.7 Å². The second kappa shape index (κ2) is 5.06. The van der Waals surface area contributed by atoms with Crippen LogP contribution >= 0.6 is 0 Å². The number of benzene rings is 1. The van der Waals surface area contributed by atoms with Crippen molar-refractivity contribution in [1.82, 2.24) is 0 Å². The van der Waals surface area contributed by atoms with E-state index in [0.717, 1.165) is 0 Å². The summed E-state index contributed by atoms with van der Waals surface area (Å²) in [5, 5.41) is 2.61. The molecule has 0 aliphatic carbocycles. The Labute approximate surface area is 105 Å². The molecule has 1 N–H and O–H groups in total. The quantitative estimate of drug-likeness (QED) is 0.888. The van der Waals surface area contributed by atoms with Gasteiger partial charge in [-0.3, -0.25) is 4.79 Å². The molecule has 2 rings (SSSR count). The Hall–Kier alpha value is -1.43. The molecule has 0 radical (unpaired) electrons. The van der Waals surface area contributed by atoms with Crippen LogP contribution in [0.1, 0.15) is 12.8 Å². The SMILES string of the molecule is O=C(Nc1cccc(F)c1)C1CCS(=O)(=O)CC1. The van der Waals surface area contributed by atoms with Crippen LogP contribution in [0.5, 0.6) is 0 Å². The molecule has 4 nitrogen and oxygen atoms in total. The topological polar surface area (TPSA) is 63.2 Å². The van der Waals surface area contributed by atoms with E-state index in [9.17, 15) is 17.6 Å². The molecule has 18 heavy (non-hydrogen) atoms. The molecule has 0 bridgehead atoms. The summed E-state index contributed by atoms with van der Waals surface area (Å²) >= 11 is 0. The first-order chi connectivity index (χ1) is 8.46. The van der Waals surface area contributed by atoms with Gasteiger partial charge >= 0.3 is 0 Å². The van der Waals surface area contributed by atoms with E-state index in [-0.39, 0.29) is 23.3 Å². The molecule has 1 amide bonds. The number of hydrogen-bond donors (Lipinski definition) is 1. The van der Waals surface area contributed by atoms with Gasteiger partial charge in [-0.1, -0.05) is 6.07 Å². The van der Waals surface area contributed by atoms with Crippen molar-refractivity contribution in [1.29, 1.82) is 0 Å². The molecule has 0 aromatic heterocycles. The summed E-state index contributed by atoms with van der Waals surface area (Å²) in [4.78, 5) is 11.9. The monoisotopic (exact) mass is 271 g/mol. The van der Waals surface area contributed by atoms with E-state index in [4.69, 9.17) is 0 Å². The number of hydrogen-bond acceptors (Lipinski definition) is 3. The number of nitrogens with one attached hydrogen (secondary N) is 1. The predicted molar refractivity (Wildman–Crippen MR) is 66.4 cm³/mol. The van der Waals surface area contributed by atoms with Crippen LogP contribution in [0.4, 0.5) is 10.1 Å². The fourth-order valence-corrected chi connectivity index (χ4v) is 3.45. The first kappa shape index (κ1) is 13.0. The fraction of sp³-hybridized carbons (Fsp3) is 0.417. The Bertz CT molecular complexity index is 542. The molecular formula is C12H14FNO3S. The van der Waals surface area contributed by atoms with Crippen molar-refractivity contribution in [3.05, 3.63) is 30.1 Å². The summed E-state index contributed by atoms with van der Waals surface area (Å²) in [6.45, 7) is 0. The van der Waals surface area contributed by atoms with Gasteiger partial charge < -0.3 is 5.32 Å². The number of carbonyl (C=O) groups is 1. The van der Waals surface area contributed by atoms with Crippen molar-refractivity contribution < 1.29 is 17.6 Å². The molecule has 1 aromatic rings. The second-order valence-corrected chi connectivity index (χ2v) is 6.73. The van der Waals surface area contributed by atoms with Gasteiger partial charge in [-0.15, -0.1) is 0 Å². The van der Waals surface area contributed by atoms with E-state index < -0.39 is 15.7 Å². The first-order valence-corrected chi connectivity index (χ1v) is 7.55. The standard InChI is InChI=1S/C12H14FNO3S/c13-10-2-1-3-11(8-10)14-12(15)9-4-6-18(16,17)7-5-9/h1-3,8-9H,4-7H2,(H,14,15). The predicted octanol–water partition coefficient (Wildman–Crippen LogP) is 1.59. The largest absolute Gasteiger partial charge is 0.326 e. The number of carbonyl (C=O) groups excluding carboxylic acids is 1. The zero-order chi connectivity index (χ0) is 13.2. The zero-order valence-corrected chi connectivity index (χ0v) is 10.5. The van der Waals surface area contributed by atoms with Crippen molar-refractivity contribution in [3.63, 3.8) is 0 Å². The summed E-state index contributed by atoms with van der Waals surface area (Å²) < 4.78 is 35.4. The molecule has 6 heteroatoms. The number of halogens is 1. The van der Waals surface area contributed by atoms with Gasteiger partial charge in [0.2, 0.25) is 5.91 Å². The molecule has 1 aliphatic heterocycles. The molecule has 1 heterocycles. The second-order valence-electron chi connectivity index (χ2n) is 4.43. The fourth-order valence-electron chi connectivity index (χ4n) is 1.96. The Balaban J connectivity index is 1.97. The highest BCUT2D eigenvalue weighted by molar-refractivity contribution is 7.91.